The average Bonchev–Trinajstić information content (AvgIpc) is 3.20. The van der Waals surface area contributed by atoms with Crippen LogP contribution < -0.4 is 15.5 Å². The van der Waals surface area contributed by atoms with E-state index in [9.17, 15) is 4.79 Å². The number of anilines is 1. The molecule has 2 unspecified atom stereocenters. The van der Waals surface area contributed by atoms with Gasteiger partial charge in [-0.25, -0.2) is 4.79 Å². The number of urea groups is 1. The maximum atomic E-state index is 12.0. The molecule has 2 fully saturated rings. The van der Waals surface area contributed by atoms with Crippen molar-refractivity contribution in [1.82, 2.24) is 20.7 Å². The van der Waals surface area contributed by atoms with Gasteiger partial charge in [0.2, 0.25) is 0 Å². The number of nitrogens with zero attached hydrogens (tertiary/aromatic N) is 3. The fourth-order valence-electron chi connectivity index (χ4n) is 4.87. The Morgan fingerprint density at radius 3 is 2.56 bits per heavy atom. The summed E-state index contributed by atoms with van der Waals surface area (Å²) in [5, 5.41) is 10.4. The van der Waals surface area contributed by atoms with Gasteiger partial charge in [0, 0.05) is 50.0 Å². The zero-order chi connectivity index (χ0) is 22.7. The first-order chi connectivity index (χ1) is 15.3. The van der Waals surface area contributed by atoms with Crippen LogP contribution in [0.4, 0.5) is 10.5 Å². The number of aromatic nitrogens is 1. The summed E-state index contributed by atoms with van der Waals surface area (Å²) in [4.78, 5) is 16.9. The standard InChI is InChI=1S/C25H37N5O2/c1-18(2)26-24(31)27-23-15-19(25(23,3)4)14-20-16-22(32-28-20)17-29-10-12-30(13-11-29)21-8-6-5-7-9-21/h5-9,16,18-19,23H,10-15,17H2,1-4H3,(H2,26,27,31). The number of benzene rings is 1. The predicted molar refractivity (Wildman–Crippen MR) is 127 cm³/mol. The Kier molecular flexibility index (Phi) is 6.74. The number of nitrogens with one attached hydrogen (secondary N) is 2. The largest absolute Gasteiger partial charge is 0.369 e. The van der Waals surface area contributed by atoms with Gasteiger partial charge in [-0.2, -0.15) is 0 Å². The van der Waals surface area contributed by atoms with E-state index in [2.05, 4.69) is 75.8 Å². The highest BCUT2D eigenvalue weighted by Gasteiger charge is 2.48. The molecule has 1 saturated heterocycles. The lowest BCUT2D eigenvalue weighted by molar-refractivity contribution is 0.0199. The molecule has 7 nitrogen and oxygen atoms in total. The molecule has 2 amide bonds. The Bertz CT molecular complexity index is 887. The van der Waals surface area contributed by atoms with E-state index in [4.69, 9.17) is 4.52 Å². The fourth-order valence-corrected chi connectivity index (χ4v) is 4.87. The van der Waals surface area contributed by atoms with E-state index in [1.165, 1.54) is 5.69 Å². The molecule has 7 heteroatoms. The Balaban J connectivity index is 1.23. The lowest BCUT2D eigenvalue weighted by atomic mass is 9.57. The summed E-state index contributed by atoms with van der Waals surface area (Å²) in [7, 11) is 0. The van der Waals surface area contributed by atoms with Crippen LogP contribution in [0.5, 0.6) is 0 Å². The highest BCUT2D eigenvalue weighted by Crippen LogP contribution is 2.47. The topological polar surface area (TPSA) is 73.6 Å². The lowest BCUT2D eigenvalue weighted by Gasteiger charge is -2.52. The second kappa shape index (κ2) is 9.53. The van der Waals surface area contributed by atoms with Crippen molar-refractivity contribution in [3.05, 3.63) is 47.9 Å². The van der Waals surface area contributed by atoms with Gasteiger partial charge in [0.25, 0.3) is 0 Å². The highest BCUT2D eigenvalue weighted by atomic mass is 16.5. The van der Waals surface area contributed by atoms with Crippen LogP contribution in [0, 0.1) is 11.3 Å². The summed E-state index contributed by atoms with van der Waals surface area (Å²) in [5.74, 6) is 1.43. The van der Waals surface area contributed by atoms with Crippen molar-refractivity contribution in [2.45, 2.75) is 59.2 Å². The molecule has 0 spiro atoms. The second-order valence-electron chi connectivity index (χ2n) is 10.2. The van der Waals surface area contributed by atoms with Gasteiger partial charge in [-0.1, -0.05) is 37.2 Å². The Labute approximate surface area is 191 Å². The van der Waals surface area contributed by atoms with Gasteiger partial charge in [0.15, 0.2) is 5.76 Å². The molecule has 1 aliphatic carbocycles. The van der Waals surface area contributed by atoms with Crippen LogP contribution in [0.1, 0.15) is 45.6 Å². The molecule has 2 aliphatic rings. The van der Waals surface area contributed by atoms with E-state index >= 15 is 0 Å². The molecule has 32 heavy (non-hydrogen) atoms. The molecule has 1 aromatic carbocycles. The molecule has 1 aliphatic heterocycles. The van der Waals surface area contributed by atoms with Gasteiger partial charge in [-0.15, -0.1) is 0 Å². The quantitative estimate of drug-likeness (QED) is 0.689. The second-order valence-corrected chi connectivity index (χ2v) is 10.2. The third-order valence-electron chi connectivity index (χ3n) is 7.13. The van der Waals surface area contributed by atoms with Crippen molar-refractivity contribution < 1.29 is 9.32 Å². The van der Waals surface area contributed by atoms with E-state index in [1.807, 2.05) is 13.8 Å². The van der Waals surface area contributed by atoms with E-state index < -0.39 is 0 Å². The van der Waals surface area contributed by atoms with E-state index in [1.54, 1.807) is 0 Å². The fraction of sp³-hybridized carbons (Fsp3) is 0.600. The van der Waals surface area contributed by atoms with Gasteiger partial charge in [0.05, 0.1) is 12.2 Å². The first kappa shape index (κ1) is 22.6. The van der Waals surface area contributed by atoms with Crippen LogP contribution in [0.25, 0.3) is 0 Å². The van der Waals surface area contributed by atoms with Gasteiger partial charge < -0.3 is 20.1 Å². The van der Waals surface area contributed by atoms with Crippen LogP contribution in [-0.4, -0.2) is 54.4 Å². The van der Waals surface area contributed by atoms with Crippen molar-refractivity contribution in [2.75, 3.05) is 31.1 Å². The molecule has 174 valence electrons. The van der Waals surface area contributed by atoms with Crippen molar-refractivity contribution in [3.63, 3.8) is 0 Å². The molecule has 2 atom stereocenters. The molecular formula is C25H37N5O2. The average molecular weight is 440 g/mol. The van der Waals surface area contributed by atoms with Crippen molar-refractivity contribution in [1.29, 1.82) is 0 Å². The molecule has 0 bridgehead atoms. The first-order valence-electron chi connectivity index (χ1n) is 11.8. The number of hydrogen-bond acceptors (Lipinski definition) is 5. The monoisotopic (exact) mass is 439 g/mol. The summed E-state index contributed by atoms with van der Waals surface area (Å²) >= 11 is 0. The summed E-state index contributed by atoms with van der Waals surface area (Å²) in [5.41, 5.74) is 2.36. The summed E-state index contributed by atoms with van der Waals surface area (Å²) < 4.78 is 5.67. The normalized spacial score (nSPS) is 23.1. The Hall–Kier alpha value is -2.54. The van der Waals surface area contributed by atoms with Crippen molar-refractivity contribution in [2.24, 2.45) is 11.3 Å². The maximum absolute atomic E-state index is 12.0. The molecule has 0 radical (unpaired) electrons. The molecule has 2 N–H and O–H groups in total. The minimum atomic E-state index is -0.0763. The predicted octanol–water partition coefficient (Wildman–Crippen LogP) is 3.66. The smallest absolute Gasteiger partial charge is 0.315 e. The highest BCUT2D eigenvalue weighted by molar-refractivity contribution is 5.74. The van der Waals surface area contributed by atoms with Crippen LogP contribution in [-0.2, 0) is 13.0 Å². The molecule has 2 aromatic rings. The third-order valence-corrected chi connectivity index (χ3v) is 7.13. The minimum absolute atomic E-state index is 0.0429. The number of carbonyl (C=O) groups excluding carboxylic acids is 1. The minimum Gasteiger partial charge on any atom is -0.369 e. The summed E-state index contributed by atoms with van der Waals surface area (Å²) in [6, 6.07) is 13.0. The van der Waals surface area contributed by atoms with Gasteiger partial charge >= 0.3 is 6.03 Å². The van der Waals surface area contributed by atoms with E-state index in [-0.39, 0.29) is 23.5 Å². The van der Waals surface area contributed by atoms with Crippen LogP contribution in [0.15, 0.2) is 40.9 Å². The summed E-state index contributed by atoms with van der Waals surface area (Å²) in [6.07, 6.45) is 1.87. The maximum Gasteiger partial charge on any atom is 0.315 e. The zero-order valence-electron chi connectivity index (χ0n) is 19.8. The molecular weight excluding hydrogens is 402 g/mol. The van der Waals surface area contributed by atoms with E-state index in [0.29, 0.717) is 5.92 Å². The SMILES string of the molecule is CC(C)NC(=O)NC1CC(Cc2cc(CN3CCN(c4ccccc4)CC3)on2)C1(C)C. The van der Waals surface area contributed by atoms with Crippen LogP contribution in [0.2, 0.25) is 0 Å². The van der Waals surface area contributed by atoms with Crippen LogP contribution >= 0.6 is 0 Å². The van der Waals surface area contributed by atoms with Crippen molar-refractivity contribution >= 4 is 11.7 Å². The molecule has 4 rings (SSSR count). The first-order valence-corrected chi connectivity index (χ1v) is 11.8. The molecule has 1 saturated carbocycles. The lowest BCUT2D eigenvalue weighted by Crippen LogP contribution is -2.60. The van der Waals surface area contributed by atoms with Crippen molar-refractivity contribution in [3.8, 4) is 0 Å². The van der Waals surface area contributed by atoms with Crippen LogP contribution in [0.3, 0.4) is 0 Å². The summed E-state index contributed by atoms with van der Waals surface area (Å²) in [6.45, 7) is 13.3. The van der Waals surface area contributed by atoms with Gasteiger partial charge in [-0.3, -0.25) is 4.90 Å². The van der Waals surface area contributed by atoms with E-state index in [0.717, 1.165) is 57.0 Å². The third kappa shape index (κ3) is 5.26. The Morgan fingerprint density at radius 2 is 1.91 bits per heavy atom. The number of hydrogen-bond donors (Lipinski definition) is 2. The number of piperazine rings is 1. The number of rotatable bonds is 7. The zero-order valence-corrected chi connectivity index (χ0v) is 19.8. The number of amides is 2. The van der Waals surface area contributed by atoms with Gasteiger partial charge in [0.1, 0.15) is 0 Å². The molecule has 1 aromatic heterocycles. The van der Waals surface area contributed by atoms with Gasteiger partial charge in [-0.05, 0) is 50.2 Å². The molecule has 2 heterocycles. The number of para-hydroxylation sites is 1. The Morgan fingerprint density at radius 1 is 1.19 bits per heavy atom. The number of carbonyl (C=O) groups is 1.